The van der Waals surface area contributed by atoms with Crippen molar-refractivity contribution in [2.75, 3.05) is 7.11 Å². The summed E-state index contributed by atoms with van der Waals surface area (Å²) in [5.41, 5.74) is -4.66. The van der Waals surface area contributed by atoms with Crippen molar-refractivity contribution in [3.05, 3.63) is 148 Å². The zero-order chi connectivity index (χ0) is 31.3. The van der Waals surface area contributed by atoms with Gasteiger partial charge in [0.25, 0.3) is 0 Å². The fourth-order valence-electron chi connectivity index (χ4n) is 4.84. The van der Waals surface area contributed by atoms with Gasteiger partial charge in [0, 0.05) is 11.1 Å². The van der Waals surface area contributed by atoms with Crippen LogP contribution in [-0.4, -0.2) is 28.6 Å². The van der Waals surface area contributed by atoms with Crippen molar-refractivity contribution in [1.29, 1.82) is 0 Å². The first kappa shape index (κ1) is 31.6. The minimum Gasteiger partial charge on any atom is -0.465 e. The SMILES string of the molecule is COC(=O)c1cccc(C(CC=Cc2ccccc2)(Cc2ccc(C(F)(F)P(=O)(O)O)cc2)C(=O)c2ccc(F)cc2)c1. The van der Waals surface area contributed by atoms with Crippen LogP contribution < -0.4 is 0 Å². The summed E-state index contributed by atoms with van der Waals surface area (Å²) in [6.07, 6.45) is 3.64. The molecule has 0 heterocycles. The molecule has 1 atom stereocenters. The highest BCUT2D eigenvalue weighted by Gasteiger charge is 2.50. The molecule has 10 heteroatoms. The van der Waals surface area contributed by atoms with E-state index in [1.807, 2.05) is 36.4 Å². The normalized spacial score (nSPS) is 13.4. The number of allylic oxidation sites excluding steroid dienone is 1. The lowest BCUT2D eigenvalue weighted by Gasteiger charge is -2.33. The van der Waals surface area contributed by atoms with Crippen molar-refractivity contribution < 1.29 is 41.8 Å². The molecule has 0 saturated heterocycles. The summed E-state index contributed by atoms with van der Waals surface area (Å²) in [5.74, 6) is -1.59. The number of rotatable bonds is 11. The van der Waals surface area contributed by atoms with Gasteiger partial charge in [0.1, 0.15) is 5.82 Å². The van der Waals surface area contributed by atoms with Gasteiger partial charge in [0.2, 0.25) is 0 Å². The largest absolute Gasteiger partial charge is 0.465 e. The van der Waals surface area contributed by atoms with Crippen LogP contribution >= 0.6 is 7.60 Å². The van der Waals surface area contributed by atoms with E-state index in [0.717, 1.165) is 29.8 Å². The number of ketones is 1. The smallest absolute Gasteiger partial charge is 0.399 e. The van der Waals surface area contributed by atoms with Crippen molar-refractivity contribution in [3.63, 3.8) is 0 Å². The zero-order valence-corrected chi connectivity index (χ0v) is 23.9. The number of alkyl halides is 2. The van der Waals surface area contributed by atoms with E-state index in [1.54, 1.807) is 18.2 Å². The van der Waals surface area contributed by atoms with Gasteiger partial charge in [-0.2, -0.15) is 8.78 Å². The van der Waals surface area contributed by atoms with Crippen molar-refractivity contribution in [2.45, 2.75) is 23.9 Å². The van der Waals surface area contributed by atoms with E-state index in [-0.39, 0.29) is 24.0 Å². The highest BCUT2D eigenvalue weighted by atomic mass is 31.2. The first-order valence-electron chi connectivity index (χ1n) is 13.1. The van der Waals surface area contributed by atoms with E-state index in [1.165, 1.54) is 43.5 Å². The molecule has 6 nitrogen and oxygen atoms in total. The molecule has 0 aliphatic rings. The van der Waals surface area contributed by atoms with Gasteiger partial charge in [-0.1, -0.05) is 78.9 Å². The third-order valence-corrected chi connectivity index (χ3v) is 8.12. The molecule has 0 aromatic heterocycles. The van der Waals surface area contributed by atoms with Crippen molar-refractivity contribution in [2.24, 2.45) is 0 Å². The number of halogens is 3. The third kappa shape index (κ3) is 7.03. The second kappa shape index (κ2) is 12.9. The molecule has 0 amide bonds. The number of methoxy groups -OCH3 is 1. The number of carbonyl (C=O) groups excluding carboxylic acids is 2. The van der Waals surface area contributed by atoms with Gasteiger partial charge in [0.05, 0.1) is 18.1 Å². The standard InChI is InChI=1S/C33H28F3O6P/c1-42-31(38)26-10-5-11-28(21-26)32(20-6-9-23-7-3-2-4-8-23,30(37)25-14-18-29(34)19-15-25)22-24-12-16-27(17-13-24)33(35,36)43(39,40)41/h2-19,21H,20,22H2,1H3,(H2,39,40,41). The van der Waals surface area contributed by atoms with Crippen molar-refractivity contribution >= 4 is 25.4 Å². The van der Waals surface area contributed by atoms with Crippen molar-refractivity contribution in [3.8, 4) is 0 Å². The van der Waals surface area contributed by atoms with Gasteiger partial charge in [-0.3, -0.25) is 9.36 Å². The topological polar surface area (TPSA) is 101 Å². The number of carbonyl (C=O) groups is 2. The van der Waals surface area contributed by atoms with Crippen LogP contribution in [0.4, 0.5) is 13.2 Å². The Hall–Kier alpha value is -4.30. The lowest BCUT2D eigenvalue weighted by Crippen LogP contribution is -2.38. The van der Waals surface area contributed by atoms with Gasteiger partial charge in [0.15, 0.2) is 5.78 Å². The van der Waals surface area contributed by atoms with Crippen LogP contribution in [0, 0.1) is 5.82 Å². The van der Waals surface area contributed by atoms with Crippen LogP contribution in [0.3, 0.4) is 0 Å². The number of hydrogen-bond donors (Lipinski definition) is 2. The zero-order valence-electron chi connectivity index (χ0n) is 23.0. The minimum atomic E-state index is -5.79. The van der Waals surface area contributed by atoms with Crippen LogP contribution in [0.15, 0.2) is 109 Å². The summed E-state index contributed by atoms with van der Waals surface area (Å²) < 4.78 is 58.8. The molecular weight excluding hydrogens is 580 g/mol. The van der Waals surface area contributed by atoms with Crippen LogP contribution in [-0.2, 0) is 26.8 Å². The molecule has 4 rings (SSSR count). The maximum absolute atomic E-state index is 14.4. The van der Waals surface area contributed by atoms with Crippen LogP contribution in [0.25, 0.3) is 6.08 Å². The predicted molar refractivity (Wildman–Crippen MR) is 156 cm³/mol. The lowest BCUT2D eigenvalue weighted by atomic mass is 9.68. The molecule has 2 N–H and O–H groups in total. The second-order valence-corrected chi connectivity index (χ2v) is 11.6. The van der Waals surface area contributed by atoms with E-state index in [4.69, 9.17) is 14.5 Å². The molecule has 4 aromatic rings. The van der Waals surface area contributed by atoms with Gasteiger partial charge >= 0.3 is 19.2 Å². The van der Waals surface area contributed by atoms with Gasteiger partial charge in [-0.25, -0.2) is 9.18 Å². The summed E-state index contributed by atoms with van der Waals surface area (Å²) in [6, 6.07) is 25.0. The molecule has 43 heavy (non-hydrogen) atoms. The van der Waals surface area contributed by atoms with E-state index in [0.29, 0.717) is 11.1 Å². The average molecular weight is 609 g/mol. The van der Waals surface area contributed by atoms with Crippen LogP contribution in [0.5, 0.6) is 0 Å². The Labute approximate surface area is 246 Å². The number of hydrogen-bond acceptors (Lipinski definition) is 4. The Bertz CT molecular complexity index is 1670. The van der Waals surface area contributed by atoms with E-state index >= 15 is 0 Å². The number of benzene rings is 4. The lowest BCUT2D eigenvalue weighted by molar-refractivity contribution is 0.0564. The van der Waals surface area contributed by atoms with Crippen LogP contribution in [0.2, 0.25) is 0 Å². The van der Waals surface area contributed by atoms with Gasteiger partial charge in [-0.15, -0.1) is 0 Å². The number of esters is 1. The summed E-state index contributed by atoms with van der Waals surface area (Å²) in [4.78, 5) is 45.2. The van der Waals surface area contributed by atoms with Crippen molar-refractivity contribution in [1.82, 2.24) is 0 Å². The summed E-state index contributed by atoms with van der Waals surface area (Å²) in [7, 11) is -4.56. The maximum atomic E-state index is 14.4. The fourth-order valence-corrected chi connectivity index (χ4v) is 5.32. The molecule has 0 aliphatic carbocycles. The molecule has 0 spiro atoms. The molecule has 0 bridgehead atoms. The monoisotopic (exact) mass is 608 g/mol. The van der Waals surface area contributed by atoms with Crippen LogP contribution in [0.1, 0.15) is 49.4 Å². The number of ether oxygens (including phenoxy) is 1. The first-order valence-corrected chi connectivity index (χ1v) is 14.7. The van der Waals surface area contributed by atoms with Gasteiger partial charge in [-0.05, 0) is 65.9 Å². The third-order valence-electron chi connectivity index (χ3n) is 7.13. The van der Waals surface area contributed by atoms with Gasteiger partial charge < -0.3 is 14.5 Å². The molecule has 1 unspecified atom stereocenters. The van der Waals surface area contributed by atoms with E-state index in [2.05, 4.69) is 0 Å². The minimum absolute atomic E-state index is 0.0608. The molecule has 0 fully saturated rings. The quantitative estimate of drug-likeness (QED) is 0.105. The highest BCUT2D eigenvalue weighted by molar-refractivity contribution is 7.52. The molecule has 0 aliphatic heterocycles. The molecule has 222 valence electrons. The average Bonchev–Trinajstić information content (AvgIpc) is 3.00. The summed E-state index contributed by atoms with van der Waals surface area (Å²) in [5, 5.41) is 0. The maximum Gasteiger partial charge on any atom is 0.399 e. The molecule has 0 radical (unpaired) electrons. The highest BCUT2D eigenvalue weighted by Crippen LogP contribution is 2.59. The molecule has 0 saturated carbocycles. The summed E-state index contributed by atoms with van der Waals surface area (Å²) >= 11 is 0. The Kier molecular flexibility index (Phi) is 9.50. The fraction of sp³-hybridized carbons (Fsp3) is 0.152. The predicted octanol–water partition coefficient (Wildman–Crippen LogP) is 7.31. The first-order chi connectivity index (χ1) is 20.4. The van der Waals surface area contributed by atoms with E-state index < -0.39 is 41.8 Å². The Morgan fingerprint density at radius 3 is 2.09 bits per heavy atom. The Morgan fingerprint density at radius 2 is 1.49 bits per heavy atom. The molecule has 4 aromatic carbocycles. The van der Waals surface area contributed by atoms with E-state index in [9.17, 15) is 27.3 Å². The number of Topliss-reactive ketones (excluding diaryl/α,β-unsaturated/α-hetero) is 1. The Morgan fingerprint density at radius 1 is 0.837 bits per heavy atom. The second-order valence-electron chi connectivity index (χ2n) is 9.97. The Balaban J connectivity index is 1.89. The molecular formula is C33H28F3O6P. The summed E-state index contributed by atoms with van der Waals surface area (Å²) in [6.45, 7) is 0.